The molecule has 0 N–H and O–H groups in total. The van der Waals surface area contributed by atoms with E-state index >= 15 is 0 Å². The number of benzene rings is 1. The minimum absolute atomic E-state index is 0.299. The third-order valence-electron chi connectivity index (χ3n) is 3.42. The maximum Gasteiger partial charge on any atom is 0.0898 e. The minimum atomic E-state index is 0.299. The standard InChI is InChI=1S/C13H14O/c1-9-8-14-13-11(9)7-6-10-4-2-3-5-12(10)13/h2-5,11,13H,1,6-8H2. The van der Waals surface area contributed by atoms with Crippen molar-refractivity contribution in [3.8, 4) is 0 Å². The summed E-state index contributed by atoms with van der Waals surface area (Å²) in [6.07, 6.45) is 2.69. The fourth-order valence-electron chi connectivity index (χ4n) is 2.65. The molecule has 1 fully saturated rings. The molecule has 1 nitrogen and oxygen atoms in total. The number of rotatable bonds is 0. The van der Waals surface area contributed by atoms with E-state index in [-0.39, 0.29) is 0 Å². The average molecular weight is 186 g/mol. The van der Waals surface area contributed by atoms with Crippen molar-refractivity contribution in [3.63, 3.8) is 0 Å². The van der Waals surface area contributed by atoms with Gasteiger partial charge in [0.25, 0.3) is 0 Å². The molecule has 0 spiro atoms. The van der Waals surface area contributed by atoms with Gasteiger partial charge >= 0.3 is 0 Å². The molecule has 1 saturated heterocycles. The average Bonchev–Trinajstić information content (AvgIpc) is 2.61. The van der Waals surface area contributed by atoms with Gasteiger partial charge in [-0.2, -0.15) is 0 Å². The zero-order valence-electron chi connectivity index (χ0n) is 8.20. The number of hydrogen-bond acceptors (Lipinski definition) is 1. The van der Waals surface area contributed by atoms with Crippen LogP contribution in [0.25, 0.3) is 0 Å². The summed E-state index contributed by atoms with van der Waals surface area (Å²) in [6.45, 7) is 4.84. The lowest BCUT2D eigenvalue weighted by atomic mass is 9.80. The third kappa shape index (κ3) is 1.05. The van der Waals surface area contributed by atoms with Gasteiger partial charge in [-0.15, -0.1) is 0 Å². The molecule has 1 aliphatic carbocycles. The van der Waals surface area contributed by atoms with E-state index in [0.717, 1.165) is 6.61 Å². The Labute approximate surface area is 84.4 Å². The van der Waals surface area contributed by atoms with Crippen molar-refractivity contribution < 1.29 is 4.74 Å². The fraction of sp³-hybridized carbons (Fsp3) is 0.385. The van der Waals surface area contributed by atoms with E-state index in [2.05, 4.69) is 30.8 Å². The maximum atomic E-state index is 5.80. The molecule has 2 unspecified atom stereocenters. The number of hydrogen-bond donors (Lipinski definition) is 0. The zero-order valence-corrected chi connectivity index (χ0v) is 8.20. The van der Waals surface area contributed by atoms with Gasteiger partial charge in [0.15, 0.2) is 0 Å². The molecule has 0 radical (unpaired) electrons. The van der Waals surface area contributed by atoms with Gasteiger partial charge in [-0.1, -0.05) is 30.8 Å². The molecule has 3 rings (SSSR count). The molecule has 1 aromatic carbocycles. The summed E-state index contributed by atoms with van der Waals surface area (Å²) in [7, 11) is 0. The van der Waals surface area contributed by atoms with Crippen molar-refractivity contribution in [1.82, 2.24) is 0 Å². The van der Waals surface area contributed by atoms with Crippen molar-refractivity contribution in [1.29, 1.82) is 0 Å². The molecule has 1 heterocycles. The maximum absolute atomic E-state index is 5.80. The largest absolute Gasteiger partial charge is 0.369 e. The van der Waals surface area contributed by atoms with Crippen LogP contribution < -0.4 is 0 Å². The highest BCUT2D eigenvalue weighted by Crippen LogP contribution is 2.44. The summed E-state index contributed by atoms with van der Waals surface area (Å²) in [5.74, 6) is 0.574. The molecule has 0 saturated carbocycles. The number of fused-ring (bicyclic) bond motifs is 3. The predicted octanol–water partition coefficient (Wildman–Crippen LogP) is 2.88. The van der Waals surface area contributed by atoms with E-state index in [1.54, 1.807) is 0 Å². The Bertz CT molecular complexity index is 381. The van der Waals surface area contributed by atoms with Crippen LogP contribution in [0.3, 0.4) is 0 Å². The summed E-state index contributed by atoms with van der Waals surface area (Å²) in [5, 5.41) is 0. The van der Waals surface area contributed by atoms with Gasteiger partial charge in [0.05, 0.1) is 12.7 Å². The Morgan fingerprint density at radius 2 is 2.14 bits per heavy atom. The highest BCUT2D eigenvalue weighted by atomic mass is 16.5. The van der Waals surface area contributed by atoms with Gasteiger partial charge in [0.1, 0.15) is 0 Å². The second-order valence-electron chi connectivity index (χ2n) is 4.23. The first-order chi connectivity index (χ1) is 6.86. The Balaban J connectivity index is 2.07. The molecular weight excluding hydrogens is 172 g/mol. The normalized spacial score (nSPS) is 29.9. The molecule has 14 heavy (non-hydrogen) atoms. The topological polar surface area (TPSA) is 9.23 Å². The van der Waals surface area contributed by atoms with E-state index < -0.39 is 0 Å². The smallest absolute Gasteiger partial charge is 0.0898 e. The first-order valence-corrected chi connectivity index (χ1v) is 5.23. The van der Waals surface area contributed by atoms with Gasteiger partial charge in [-0.05, 0) is 29.5 Å². The molecule has 0 aromatic heterocycles. The van der Waals surface area contributed by atoms with Gasteiger partial charge in [-0.25, -0.2) is 0 Å². The number of ether oxygens (including phenoxy) is 1. The molecule has 0 amide bonds. The Morgan fingerprint density at radius 3 is 3.07 bits per heavy atom. The second kappa shape index (κ2) is 2.96. The van der Waals surface area contributed by atoms with E-state index in [4.69, 9.17) is 4.74 Å². The van der Waals surface area contributed by atoms with Gasteiger partial charge in [0.2, 0.25) is 0 Å². The summed E-state index contributed by atoms with van der Waals surface area (Å²) in [4.78, 5) is 0. The summed E-state index contributed by atoms with van der Waals surface area (Å²) < 4.78 is 5.80. The Hall–Kier alpha value is -1.08. The SMILES string of the molecule is C=C1COC2c3ccccc3CCC12. The van der Waals surface area contributed by atoms with Gasteiger partial charge < -0.3 is 4.74 Å². The Kier molecular flexibility index (Phi) is 1.74. The van der Waals surface area contributed by atoms with Crippen LogP contribution in [-0.2, 0) is 11.2 Å². The lowest BCUT2D eigenvalue weighted by molar-refractivity contribution is 0.0833. The van der Waals surface area contributed by atoms with Crippen LogP contribution in [0.4, 0.5) is 0 Å². The second-order valence-corrected chi connectivity index (χ2v) is 4.23. The molecule has 0 bridgehead atoms. The third-order valence-corrected chi connectivity index (χ3v) is 3.42. The Morgan fingerprint density at radius 1 is 1.29 bits per heavy atom. The molecule has 2 aliphatic rings. The van der Waals surface area contributed by atoms with E-state index in [1.807, 2.05) is 0 Å². The van der Waals surface area contributed by atoms with Crippen LogP contribution in [0, 0.1) is 5.92 Å². The molecule has 1 aliphatic heterocycles. The van der Waals surface area contributed by atoms with Crippen LogP contribution in [0.15, 0.2) is 36.4 Å². The summed E-state index contributed by atoms with van der Waals surface area (Å²) in [6, 6.07) is 8.63. The van der Waals surface area contributed by atoms with Crippen LogP contribution in [0.1, 0.15) is 23.7 Å². The monoisotopic (exact) mass is 186 g/mol. The van der Waals surface area contributed by atoms with Gasteiger partial charge in [-0.3, -0.25) is 0 Å². The first kappa shape index (κ1) is 8.25. The molecule has 1 heteroatoms. The van der Waals surface area contributed by atoms with E-state index in [1.165, 1.54) is 29.5 Å². The number of aryl methyl sites for hydroxylation is 1. The molecule has 72 valence electrons. The van der Waals surface area contributed by atoms with Crippen molar-refractivity contribution in [2.75, 3.05) is 6.61 Å². The van der Waals surface area contributed by atoms with E-state index in [9.17, 15) is 0 Å². The lowest BCUT2D eigenvalue weighted by Gasteiger charge is -2.27. The van der Waals surface area contributed by atoms with Crippen molar-refractivity contribution in [3.05, 3.63) is 47.5 Å². The van der Waals surface area contributed by atoms with Gasteiger partial charge in [0, 0.05) is 5.92 Å². The fourth-order valence-corrected chi connectivity index (χ4v) is 2.65. The van der Waals surface area contributed by atoms with Crippen LogP contribution in [-0.4, -0.2) is 6.61 Å². The zero-order chi connectivity index (χ0) is 9.54. The summed E-state index contributed by atoms with van der Waals surface area (Å²) in [5.41, 5.74) is 4.13. The minimum Gasteiger partial charge on any atom is -0.369 e. The molecular formula is C13H14O. The van der Waals surface area contributed by atoms with Crippen molar-refractivity contribution in [2.24, 2.45) is 5.92 Å². The van der Waals surface area contributed by atoms with Crippen LogP contribution in [0.5, 0.6) is 0 Å². The first-order valence-electron chi connectivity index (χ1n) is 5.23. The lowest BCUT2D eigenvalue weighted by Crippen LogP contribution is -2.17. The molecule has 2 atom stereocenters. The quantitative estimate of drug-likeness (QED) is 0.566. The van der Waals surface area contributed by atoms with Crippen LogP contribution >= 0.6 is 0 Å². The van der Waals surface area contributed by atoms with Crippen molar-refractivity contribution in [2.45, 2.75) is 18.9 Å². The molecule has 1 aromatic rings. The highest BCUT2D eigenvalue weighted by Gasteiger charge is 2.36. The summed E-state index contributed by atoms with van der Waals surface area (Å²) >= 11 is 0. The van der Waals surface area contributed by atoms with Crippen LogP contribution in [0.2, 0.25) is 0 Å². The van der Waals surface area contributed by atoms with Crippen molar-refractivity contribution >= 4 is 0 Å². The highest BCUT2D eigenvalue weighted by molar-refractivity contribution is 5.35. The predicted molar refractivity (Wildman–Crippen MR) is 56.1 cm³/mol. The van der Waals surface area contributed by atoms with E-state index in [0.29, 0.717) is 12.0 Å².